The second kappa shape index (κ2) is 5.00. The molecule has 3 rings (SSSR count). The van der Waals surface area contributed by atoms with Crippen LogP contribution in [0.15, 0.2) is 21.7 Å². The van der Waals surface area contributed by atoms with Crippen molar-refractivity contribution in [3.63, 3.8) is 0 Å². The molecule has 104 valence electrons. The fourth-order valence-corrected chi connectivity index (χ4v) is 2.16. The van der Waals surface area contributed by atoms with Gasteiger partial charge in [0.2, 0.25) is 6.79 Å². The first-order chi connectivity index (χ1) is 9.65. The van der Waals surface area contributed by atoms with Gasteiger partial charge in [0, 0.05) is 10.0 Å². The van der Waals surface area contributed by atoms with Crippen LogP contribution in [-0.2, 0) is 0 Å². The van der Waals surface area contributed by atoms with E-state index in [1.54, 1.807) is 13.1 Å². The zero-order chi connectivity index (χ0) is 14.1. The Morgan fingerprint density at radius 2 is 2.30 bits per heavy atom. The van der Waals surface area contributed by atoms with E-state index in [-0.39, 0.29) is 6.79 Å². The van der Waals surface area contributed by atoms with Crippen LogP contribution in [0.1, 0.15) is 11.4 Å². The number of hydrazone groups is 1. The molecule has 0 aliphatic carbocycles. The van der Waals surface area contributed by atoms with E-state index in [2.05, 4.69) is 36.7 Å². The number of hydrogen-bond donors (Lipinski definition) is 2. The van der Waals surface area contributed by atoms with Gasteiger partial charge in [0.25, 0.3) is 5.95 Å². The Hall–Kier alpha value is -2.29. The quantitative estimate of drug-likeness (QED) is 0.496. The molecule has 9 heteroatoms. The van der Waals surface area contributed by atoms with E-state index in [4.69, 9.17) is 15.3 Å². The molecule has 0 radical (unpaired) electrons. The van der Waals surface area contributed by atoms with Gasteiger partial charge >= 0.3 is 0 Å². The number of ether oxygens (including phenoxy) is 2. The summed E-state index contributed by atoms with van der Waals surface area (Å²) in [7, 11) is 0. The van der Waals surface area contributed by atoms with Gasteiger partial charge < -0.3 is 15.3 Å². The molecule has 0 saturated carbocycles. The van der Waals surface area contributed by atoms with Crippen LogP contribution in [0.2, 0.25) is 0 Å². The van der Waals surface area contributed by atoms with Crippen molar-refractivity contribution in [1.29, 1.82) is 0 Å². The summed E-state index contributed by atoms with van der Waals surface area (Å²) in [6, 6.07) is 3.71. The fraction of sp³-hybridized carbons (Fsp3) is 0.182. The second-order valence-corrected chi connectivity index (χ2v) is 4.96. The molecule has 20 heavy (non-hydrogen) atoms. The molecule has 2 aromatic rings. The Labute approximate surface area is 122 Å². The lowest BCUT2D eigenvalue weighted by atomic mass is 10.2. The Balaban J connectivity index is 1.81. The van der Waals surface area contributed by atoms with E-state index in [1.807, 2.05) is 12.1 Å². The van der Waals surface area contributed by atoms with Crippen molar-refractivity contribution >= 4 is 28.1 Å². The summed E-state index contributed by atoms with van der Waals surface area (Å²) in [6.45, 7) is 1.95. The Morgan fingerprint density at radius 3 is 3.05 bits per heavy atom. The summed E-state index contributed by atoms with van der Waals surface area (Å²) < 4.78 is 12.9. The van der Waals surface area contributed by atoms with Crippen molar-refractivity contribution < 1.29 is 9.47 Å². The number of anilines is 1. The minimum absolute atomic E-state index is 0.205. The van der Waals surface area contributed by atoms with Gasteiger partial charge in [-0.15, -0.1) is 10.2 Å². The van der Waals surface area contributed by atoms with Crippen LogP contribution in [-0.4, -0.2) is 27.9 Å². The van der Waals surface area contributed by atoms with Crippen LogP contribution in [0.25, 0.3) is 0 Å². The molecular weight excluding hydrogens is 328 g/mol. The minimum atomic E-state index is 0.205. The van der Waals surface area contributed by atoms with Crippen molar-refractivity contribution in [1.82, 2.24) is 14.9 Å². The smallest absolute Gasteiger partial charge is 0.263 e. The van der Waals surface area contributed by atoms with E-state index in [9.17, 15) is 0 Å². The molecule has 1 aliphatic heterocycles. The molecular formula is C11H11BrN6O2. The van der Waals surface area contributed by atoms with Crippen molar-refractivity contribution in [2.24, 2.45) is 5.10 Å². The first kappa shape index (κ1) is 12.7. The molecule has 0 unspecified atom stereocenters. The average molecular weight is 339 g/mol. The van der Waals surface area contributed by atoms with E-state index in [0.29, 0.717) is 23.3 Å². The lowest BCUT2D eigenvalue weighted by Crippen LogP contribution is -2.13. The highest BCUT2D eigenvalue weighted by atomic mass is 79.9. The monoisotopic (exact) mass is 338 g/mol. The Bertz CT molecular complexity index is 684. The third-order valence-corrected chi connectivity index (χ3v) is 3.16. The van der Waals surface area contributed by atoms with Crippen molar-refractivity contribution in [2.75, 3.05) is 18.1 Å². The number of aryl methyl sites for hydroxylation is 1. The summed E-state index contributed by atoms with van der Waals surface area (Å²) in [5, 5.41) is 11.7. The number of aromatic nitrogens is 3. The zero-order valence-electron chi connectivity index (χ0n) is 10.5. The second-order valence-electron chi connectivity index (χ2n) is 4.04. The summed E-state index contributed by atoms with van der Waals surface area (Å²) in [6.07, 6.45) is 1.60. The maximum atomic E-state index is 5.70. The van der Waals surface area contributed by atoms with Crippen LogP contribution in [0, 0.1) is 6.92 Å². The Morgan fingerprint density at radius 1 is 1.45 bits per heavy atom. The first-order valence-corrected chi connectivity index (χ1v) is 6.50. The highest BCUT2D eigenvalue weighted by Gasteiger charge is 2.17. The van der Waals surface area contributed by atoms with Gasteiger partial charge in [0.1, 0.15) is 0 Å². The number of nitrogens with zero attached hydrogens (tertiary/aromatic N) is 4. The van der Waals surface area contributed by atoms with Crippen molar-refractivity contribution in [2.45, 2.75) is 6.92 Å². The average Bonchev–Trinajstić information content (AvgIpc) is 3.00. The number of benzene rings is 1. The molecule has 0 bridgehead atoms. The van der Waals surface area contributed by atoms with Crippen LogP contribution in [0.5, 0.6) is 11.5 Å². The van der Waals surface area contributed by atoms with E-state index < -0.39 is 0 Å². The third kappa shape index (κ3) is 2.27. The highest BCUT2D eigenvalue weighted by Crippen LogP contribution is 2.37. The molecule has 0 saturated heterocycles. The lowest BCUT2D eigenvalue weighted by molar-refractivity contribution is 0.174. The first-order valence-electron chi connectivity index (χ1n) is 5.70. The topological polar surface area (TPSA) is 99.6 Å². The number of rotatable bonds is 3. The molecule has 0 amide bonds. The van der Waals surface area contributed by atoms with Crippen LogP contribution >= 0.6 is 15.9 Å². The molecule has 1 aliphatic rings. The van der Waals surface area contributed by atoms with Crippen molar-refractivity contribution in [3.8, 4) is 11.5 Å². The van der Waals surface area contributed by atoms with Gasteiger partial charge in [-0.05, 0) is 19.1 Å². The highest BCUT2D eigenvalue weighted by molar-refractivity contribution is 9.10. The van der Waals surface area contributed by atoms with Crippen LogP contribution in [0.3, 0.4) is 0 Å². The van der Waals surface area contributed by atoms with Gasteiger partial charge in [-0.2, -0.15) is 5.10 Å². The number of nitrogen functional groups attached to an aromatic ring is 1. The molecule has 2 heterocycles. The van der Waals surface area contributed by atoms with Gasteiger partial charge in [0.15, 0.2) is 17.3 Å². The zero-order valence-corrected chi connectivity index (χ0v) is 12.1. The van der Waals surface area contributed by atoms with Crippen molar-refractivity contribution in [3.05, 3.63) is 28.0 Å². The molecule has 1 aromatic carbocycles. The maximum Gasteiger partial charge on any atom is 0.263 e. The molecule has 8 nitrogen and oxygen atoms in total. The summed E-state index contributed by atoms with van der Waals surface area (Å²) in [5.74, 6) is 7.97. The van der Waals surface area contributed by atoms with Crippen LogP contribution in [0.4, 0.5) is 5.95 Å². The van der Waals surface area contributed by atoms with Gasteiger partial charge in [-0.3, -0.25) is 0 Å². The van der Waals surface area contributed by atoms with Gasteiger partial charge in [0.05, 0.1) is 6.21 Å². The number of hydrogen-bond acceptors (Lipinski definition) is 7. The number of nitrogens with two attached hydrogens (primary N) is 1. The van der Waals surface area contributed by atoms with Crippen LogP contribution < -0.4 is 20.7 Å². The normalized spacial score (nSPS) is 13.1. The van der Waals surface area contributed by atoms with Gasteiger partial charge in [-0.1, -0.05) is 15.9 Å². The van der Waals surface area contributed by atoms with E-state index >= 15 is 0 Å². The SMILES string of the molecule is Cc1nnc(N/N=C\c2cc(Br)cc3c2OCO3)n1N. The summed E-state index contributed by atoms with van der Waals surface area (Å²) >= 11 is 3.40. The number of nitrogens with one attached hydrogen (secondary N) is 1. The van der Waals surface area contributed by atoms with E-state index in [1.165, 1.54) is 4.68 Å². The predicted octanol–water partition coefficient (Wildman–Crippen LogP) is 1.24. The molecule has 0 fully saturated rings. The van der Waals surface area contributed by atoms with E-state index in [0.717, 1.165) is 10.0 Å². The molecule has 0 spiro atoms. The molecule has 1 aromatic heterocycles. The predicted molar refractivity (Wildman–Crippen MR) is 76.4 cm³/mol. The minimum Gasteiger partial charge on any atom is -0.454 e. The number of halogens is 1. The lowest BCUT2D eigenvalue weighted by Gasteiger charge is -2.02. The summed E-state index contributed by atoms with van der Waals surface area (Å²) in [4.78, 5) is 0. The third-order valence-electron chi connectivity index (χ3n) is 2.70. The molecule has 0 atom stereocenters. The summed E-state index contributed by atoms with van der Waals surface area (Å²) in [5.41, 5.74) is 3.49. The fourth-order valence-electron chi connectivity index (χ4n) is 1.70. The van der Waals surface area contributed by atoms with Gasteiger partial charge in [-0.25, -0.2) is 10.1 Å². The largest absolute Gasteiger partial charge is 0.454 e. The maximum absolute atomic E-state index is 5.70. The molecule has 3 N–H and O–H groups in total. The standard InChI is InChI=1S/C11H11BrN6O2/c1-6-15-17-11(18(6)13)16-14-4-7-2-8(12)3-9-10(7)20-5-19-9/h2-4H,5,13H2,1H3,(H,16,17)/b14-4-. The Kier molecular flexibility index (Phi) is 3.18. The number of fused-ring (bicyclic) bond motifs is 1.